The Morgan fingerprint density at radius 3 is 1.07 bits per heavy atom. The number of hydrogen-bond donors (Lipinski definition) is 3. The van der Waals surface area contributed by atoms with Gasteiger partial charge in [-0.3, -0.25) is 9.59 Å². The van der Waals surface area contributed by atoms with E-state index in [1.807, 2.05) is 0 Å². The third-order valence-corrected chi connectivity index (χ3v) is 14.9. The van der Waals surface area contributed by atoms with Gasteiger partial charge in [-0.2, -0.15) is 0 Å². The Bertz CT molecular complexity index is 1170. The minimum Gasteiger partial charge on any atom is -0.466 e. The summed E-state index contributed by atoms with van der Waals surface area (Å²) in [5.74, 6) is -0.0311. The molecule has 0 aromatic heterocycles. The van der Waals surface area contributed by atoms with Gasteiger partial charge in [0.25, 0.3) is 0 Å². The van der Waals surface area contributed by atoms with Gasteiger partial charge >= 0.3 is 5.97 Å². The second kappa shape index (κ2) is 61.6. The van der Waals surface area contributed by atoms with Crippen LogP contribution < -0.4 is 5.32 Å². The van der Waals surface area contributed by atoms with E-state index >= 15 is 0 Å². The summed E-state index contributed by atoms with van der Waals surface area (Å²) in [6.45, 7) is 4.95. The Labute approximate surface area is 449 Å². The second-order valence-corrected chi connectivity index (χ2v) is 22.1. The van der Waals surface area contributed by atoms with Crippen LogP contribution in [0, 0.1) is 0 Å². The summed E-state index contributed by atoms with van der Waals surface area (Å²) >= 11 is 0. The number of amides is 1. The number of hydrogen-bond acceptors (Lipinski definition) is 5. The summed E-state index contributed by atoms with van der Waals surface area (Å²) in [5, 5.41) is 23.2. The average molecular weight is 1010 g/mol. The first kappa shape index (κ1) is 70.1. The first-order chi connectivity index (χ1) is 35.5. The highest BCUT2D eigenvalue weighted by Gasteiger charge is 2.20. The Kier molecular flexibility index (Phi) is 60.0. The highest BCUT2D eigenvalue weighted by molar-refractivity contribution is 5.76. The fourth-order valence-electron chi connectivity index (χ4n) is 9.96. The van der Waals surface area contributed by atoms with Gasteiger partial charge < -0.3 is 20.3 Å². The zero-order chi connectivity index (χ0) is 52.2. The number of unbranched alkanes of at least 4 members (excludes halogenated alkanes) is 43. The van der Waals surface area contributed by atoms with Crippen LogP contribution >= 0.6 is 0 Å². The maximum Gasteiger partial charge on any atom is 0.305 e. The Morgan fingerprint density at radius 1 is 0.389 bits per heavy atom. The highest BCUT2D eigenvalue weighted by Crippen LogP contribution is 2.17. The van der Waals surface area contributed by atoms with Gasteiger partial charge in [-0.05, 0) is 83.5 Å². The number of esters is 1. The monoisotopic (exact) mass is 1010 g/mol. The zero-order valence-corrected chi connectivity index (χ0v) is 48.4. The Morgan fingerprint density at radius 2 is 0.694 bits per heavy atom. The molecule has 3 N–H and O–H groups in total. The van der Waals surface area contributed by atoms with E-state index in [9.17, 15) is 19.8 Å². The number of nitrogens with one attached hydrogen (secondary N) is 1. The fraction of sp³-hybridized carbons (Fsp3) is 0.879. The van der Waals surface area contributed by atoms with E-state index in [2.05, 4.69) is 55.6 Å². The van der Waals surface area contributed by atoms with E-state index in [-0.39, 0.29) is 18.5 Å². The van der Waals surface area contributed by atoms with Gasteiger partial charge in [0, 0.05) is 12.8 Å². The second-order valence-electron chi connectivity index (χ2n) is 22.1. The molecule has 6 heteroatoms. The van der Waals surface area contributed by atoms with Crippen molar-refractivity contribution in [1.29, 1.82) is 0 Å². The predicted molar refractivity (Wildman–Crippen MR) is 315 cm³/mol. The van der Waals surface area contributed by atoms with Crippen molar-refractivity contribution in [3.05, 3.63) is 36.5 Å². The zero-order valence-electron chi connectivity index (χ0n) is 48.4. The highest BCUT2D eigenvalue weighted by atomic mass is 16.5. The number of carbonyl (C=O) groups excluding carboxylic acids is 2. The van der Waals surface area contributed by atoms with E-state index in [0.29, 0.717) is 25.9 Å². The number of allylic oxidation sites excluding steroid dienone is 6. The summed E-state index contributed by atoms with van der Waals surface area (Å²) in [6.07, 6.45) is 77.4. The smallest absolute Gasteiger partial charge is 0.305 e. The minimum absolute atomic E-state index is 0.00738. The summed E-state index contributed by atoms with van der Waals surface area (Å²) in [4.78, 5) is 24.5. The summed E-state index contributed by atoms with van der Waals surface area (Å²) in [6, 6.07) is -0.543. The van der Waals surface area contributed by atoms with Crippen molar-refractivity contribution in [2.45, 2.75) is 360 Å². The summed E-state index contributed by atoms with van der Waals surface area (Å²) < 4.78 is 5.49. The molecule has 0 saturated heterocycles. The lowest BCUT2D eigenvalue weighted by molar-refractivity contribution is -0.143. The molecule has 0 radical (unpaired) electrons. The molecule has 1 amide bonds. The lowest BCUT2D eigenvalue weighted by Gasteiger charge is -2.22. The topological polar surface area (TPSA) is 95.9 Å². The number of ether oxygens (including phenoxy) is 1. The van der Waals surface area contributed by atoms with Crippen LogP contribution in [0.25, 0.3) is 0 Å². The molecule has 0 aromatic carbocycles. The van der Waals surface area contributed by atoms with Crippen LogP contribution in [0.3, 0.4) is 0 Å². The molecule has 0 spiro atoms. The number of aliphatic hydroxyl groups is 2. The predicted octanol–water partition coefficient (Wildman–Crippen LogP) is 20.4. The fourth-order valence-corrected chi connectivity index (χ4v) is 9.96. The Hall–Kier alpha value is -1.92. The van der Waals surface area contributed by atoms with Crippen molar-refractivity contribution < 1.29 is 24.5 Å². The normalized spacial score (nSPS) is 12.8. The molecule has 2 unspecified atom stereocenters. The molecular formula is C66H125NO5. The largest absolute Gasteiger partial charge is 0.466 e. The minimum atomic E-state index is -0.665. The molecular weight excluding hydrogens is 887 g/mol. The van der Waals surface area contributed by atoms with Crippen molar-refractivity contribution in [3.63, 3.8) is 0 Å². The van der Waals surface area contributed by atoms with Crippen molar-refractivity contribution in [2.24, 2.45) is 0 Å². The van der Waals surface area contributed by atoms with Crippen LogP contribution in [-0.4, -0.2) is 47.4 Å². The van der Waals surface area contributed by atoms with Gasteiger partial charge in [-0.25, -0.2) is 0 Å². The third-order valence-electron chi connectivity index (χ3n) is 14.9. The molecule has 0 bridgehead atoms. The standard InChI is InChI=1S/C66H125NO5/c1-3-5-7-9-11-13-15-16-17-29-33-36-40-44-48-52-56-60-66(71)72-61-57-53-49-45-41-37-34-31-28-26-24-22-20-18-19-21-23-25-27-30-32-35-39-43-47-51-55-59-65(70)67-63(62-68)64(69)58-54-50-46-42-38-14-12-10-8-6-4-2/h16-19,22,24,63-64,68-69H,3-15,20-21,23,25-62H2,1-2H3,(H,67,70)/b17-16-,19-18-,24-22-. The van der Waals surface area contributed by atoms with Gasteiger partial charge in [-0.15, -0.1) is 0 Å². The van der Waals surface area contributed by atoms with Crippen molar-refractivity contribution >= 4 is 11.9 Å². The summed E-state index contributed by atoms with van der Waals surface area (Å²) in [5.41, 5.74) is 0. The van der Waals surface area contributed by atoms with Crippen molar-refractivity contribution in [3.8, 4) is 0 Å². The molecule has 0 heterocycles. The first-order valence-electron chi connectivity index (χ1n) is 32.2. The van der Waals surface area contributed by atoms with Gasteiger partial charge in [0.2, 0.25) is 5.91 Å². The Balaban J connectivity index is 3.39. The lowest BCUT2D eigenvalue weighted by Crippen LogP contribution is -2.45. The van der Waals surface area contributed by atoms with E-state index in [0.717, 1.165) is 51.4 Å². The molecule has 424 valence electrons. The molecule has 0 aliphatic rings. The van der Waals surface area contributed by atoms with Crippen LogP contribution in [0.5, 0.6) is 0 Å². The first-order valence-corrected chi connectivity index (χ1v) is 32.2. The maximum absolute atomic E-state index is 12.4. The van der Waals surface area contributed by atoms with Crippen LogP contribution in [0.15, 0.2) is 36.5 Å². The SMILES string of the molecule is CCCCCCCC/C=C\CCCCCCCCCC(=O)OCCCCCCCCCCC/C=C\C/C=C\CCCCCCCCCCCCCC(=O)NC(CO)C(O)CCCCCCCCCCCCC. The quantitative estimate of drug-likeness (QED) is 0.0320. The molecule has 0 aliphatic heterocycles. The molecule has 0 saturated carbocycles. The van der Waals surface area contributed by atoms with Gasteiger partial charge in [0.1, 0.15) is 0 Å². The number of aliphatic hydroxyl groups excluding tert-OH is 2. The average Bonchev–Trinajstić information content (AvgIpc) is 3.38. The molecule has 0 aliphatic carbocycles. The van der Waals surface area contributed by atoms with Crippen LogP contribution in [0.4, 0.5) is 0 Å². The molecule has 0 aromatic rings. The van der Waals surface area contributed by atoms with Gasteiger partial charge in [-0.1, -0.05) is 288 Å². The molecule has 0 fully saturated rings. The van der Waals surface area contributed by atoms with Crippen LogP contribution in [0.2, 0.25) is 0 Å². The lowest BCUT2D eigenvalue weighted by atomic mass is 10.0. The van der Waals surface area contributed by atoms with Crippen LogP contribution in [0.1, 0.15) is 348 Å². The van der Waals surface area contributed by atoms with Gasteiger partial charge in [0.05, 0.1) is 25.4 Å². The molecule has 72 heavy (non-hydrogen) atoms. The third kappa shape index (κ3) is 57.4. The van der Waals surface area contributed by atoms with E-state index < -0.39 is 12.1 Å². The van der Waals surface area contributed by atoms with E-state index in [4.69, 9.17) is 4.74 Å². The molecule has 0 rings (SSSR count). The van der Waals surface area contributed by atoms with Crippen LogP contribution in [-0.2, 0) is 14.3 Å². The number of rotatable bonds is 60. The summed E-state index contributed by atoms with van der Waals surface area (Å²) in [7, 11) is 0. The van der Waals surface area contributed by atoms with E-state index in [1.54, 1.807) is 0 Å². The van der Waals surface area contributed by atoms with E-state index in [1.165, 1.54) is 263 Å². The van der Waals surface area contributed by atoms with Crippen molar-refractivity contribution in [1.82, 2.24) is 5.32 Å². The molecule has 2 atom stereocenters. The van der Waals surface area contributed by atoms with Crippen molar-refractivity contribution in [2.75, 3.05) is 13.2 Å². The molecule has 6 nitrogen and oxygen atoms in total. The van der Waals surface area contributed by atoms with Gasteiger partial charge in [0.15, 0.2) is 0 Å². The number of carbonyl (C=O) groups is 2. The maximum atomic E-state index is 12.4.